The lowest BCUT2D eigenvalue weighted by molar-refractivity contribution is -0.140. The zero-order valence-electron chi connectivity index (χ0n) is 20.1. The van der Waals surface area contributed by atoms with Crippen LogP contribution in [0.1, 0.15) is 61.5 Å². The van der Waals surface area contributed by atoms with Gasteiger partial charge in [-0.25, -0.2) is 9.18 Å². The predicted octanol–water partition coefficient (Wildman–Crippen LogP) is 4.56. The smallest absolute Gasteiger partial charge is 0.336 e. The van der Waals surface area contributed by atoms with Crippen molar-refractivity contribution in [2.75, 3.05) is 13.2 Å². The first-order valence-corrected chi connectivity index (χ1v) is 11.5. The van der Waals surface area contributed by atoms with Crippen LogP contribution in [-0.2, 0) is 20.9 Å². The molecule has 1 unspecified atom stereocenters. The molecule has 1 aliphatic rings. The van der Waals surface area contributed by atoms with E-state index in [4.69, 9.17) is 4.74 Å². The van der Waals surface area contributed by atoms with Crippen molar-refractivity contribution in [1.82, 2.24) is 10.2 Å². The van der Waals surface area contributed by atoms with Gasteiger partial charge in [0.1, 0.15) is 5.82 Å². The van der Waals surface area contributed by atoms with Gasteiger partial charge in [0.25, 0.3) is 5.91 Å². The molecule has 1 atom stereocenters. The lowest BCUT2D eigenvalue weighted by atomic mass is 9.83. The third-order valence-corrected chi connectivity index (χ3v) is 5.83. The Balaban J connectivity index is 1.88. The number of nitrogens with zero attached hydrogens (tertiary/aromatic N) is 1. The van der Waals surface area contributed by atoms with E-state index >= 15 is 0 Å². The molecule has 3 rings (SSSR count). The van der Waals surface area contributed by atoms with Crippen LogP contribution >= 0.6 is 0 Å². The van der Waals surface area contributed by atoms with E-state index in [0.717, 1.165) is 5.56 Å². The fraction of sp³-hybridized carbons (Fsp3) is 0.370. The van der Waals surface area contributed by atoms with Crippen molar-refractivity contribution in [2.45, 2.75) is 46.6 Å². The molecule has 0 bridgehead atoms. The molecule has 6 nitrogen and oxygen atoms in total. The van der Waals surface area contributed by atoms with Crippen LogP contribution in [0.5, 0.6) is 0 Å². The van der Waals surface area contributed by atoms with E-state index in [0.29, 0.717) is 29.3 Å². The van der Waals surface area contributed by atoms with E-state index < -0.39 is 17.7 Å². The molecule has 0 aromatic heterocycles. The maximum atomic E-state index is 14.6. The van der Waals surface area contributed by atoms with E-state index in [-0.39, 0.29) is 37.0 Å². The highest BCUT2D eigenvalue weighted by atomic mass is 19.1. The van der Waals surface area contributed by atoms with Gasteiger partial charge in [0.05, 0.1) is 18.7 Å². The quantitative estimate of drug-likeness (QED) is 0.579. The first kappa shape index (κ1) is 25.1. The lowest BCUT2D eigenvalue weighted by Gasteiger charge is -2.34. The molecule has 2 amide bonds. The van der Waals surface area contributed by atoms with Gasteiger partial charge in [-0.3, -0.25) is 9.59 Å². The maximum Gasteiger partial charge on any atom is 0.336 e. The second-order valence-electron chi connectivity index (χ2n) is 8.78. The first-order valence-electron chi connectivity index (χ1n) is 11.5. The Hall–Kier alpha value is -3.48. The van der Waals surface area contributed by atoms with Crippen LogP contribution in [-0.4, -0.2) is 35.8 Å². The predicted molar refractivity (Wildman–Crippen MR) is 127 cm³/mol. The largest absolute Gasteiger partial charge is 0.463 e. The summed E-state index contributed by atoms with van der Waals surface area (Å²) in [5, 5.41) is 2.88. The standard InChI is InChI=1S/C27H31FN2O4/c1-5-34-27(33)25-18(4)30(24(31)14-22(25)21-8-6-7-9-23(21)28)16-19-10-12-20(13-11-19)26(32)29-15-17(2)3/h6-13,17,22H,5,14-16H2,1-4H3,(H,29,32). The highest BCUT2D eigenvalue weighted by Gasteiger charge is 2.37. The third kappa shape index (κ3) is 5.71. The van der Waals surface area contributed by atoms with E-state index in [1.165, 1.54) is 11.0 Å². The van der Waals surface area contributed by atoms with Crippen LogP contribution in [0, 0.1) is 11.7 Å². The molecule has 7 heteroatoms. The Bertz CT molecular complexity index is 1090. The maximum absolute atomic E-state index is 14.6. The van der Waals surface area contributed by atoms with Crippen LogP contribution in [0.25, 0.3) is 0 Å². The van der Waals surface area contributed by atoms with Gasteiger partial charge in [-0.05, 0) is 49.1 Å². The zero-order chi connectivity index (χ0) is 24.8. The van der Waals surface area contributed by atoms with Gasteiger partial charge in [-0.2, -0.15) is 0 Å². The van der Waals surface area contributed by atoms with Gasteiger partial charge in [0, 0.05) is 30.1 Å². The number of allylic oxidation sites excluding steroid dienone is 1. The number of esters is 1. The monoisotopic (exact) mass is 466 g/mol. The zero-order valence-corrected chi connectivity index (χ0v) is 20.1. The van der Waals surface area contributed by atoms with Crippen molar-refractivity contribution < 1.29 is 23.5 Å². The Morgan fingerprint density at radius 3 is 2.44 bits per heavy atom. The van der Waals surface area contributed by atoms with Crippen molar-refractivity contribution in [3.63, 3.8) is 0 Å². The number of carbonyl (C=O) groups excluding carboxylic acids is 3. The Labute approximate surface area is 199 Å². The number of hydrogen-bond acceptors (Lipinski definition) is 4. The number of nitrogens with one attached hydrogen (secondary N) is 1. The minimum atomic E-state index is -0.712. The molecule has 0 saturated carbocycles. The number of amides is 2. The van der Waals surface area contributed by atoms with E-state index in [1.54, 1.807) is 56.3 Å². The highest BCUT2D eigenvalue weighted by Crippen LogP contribution is 2.38. The van der Waals surface area contributed by atoms with Crippen molar-refractivity contribution in [1.29, 1.82) is 0 Å². The number of benzene rings is 2. The van der Waals surface area contributed by atoms with Crippen molar-refractivity contribution in [2.24, 2.45) is 5.92 Å². The Kier molecular flexibility index (Phi) is 8.21. The van der Waals surface area contributed by atoms with Gasteiger partial charge < -0.3 is 15.0 Å². The summed E-state index contributed by atoms with van der Waals surface area (Å²) < 4.78 is 19.8. The van der Waals surface area contributed by atoms with Crippen molar-refractivity contribution >= 4 is 17.8 Å². The molecule has 2 aromatic carbocycles. The van der Waals surface area contributed by atoms with E-state index in [1.807, 2.05) is 13.8 Å². The second-order valence-corrected chi connectivity index (χ2v) is 8.78. The number of ether oxygens (including phenoxy) is 1. The fourth-order valence-corrected chi connectivity index (χ4v) is 4.04. The van der Waals surface area contributed by atoms with Gasteiger partial charge in [-0.1, -0.05) is 44.2 Å². The molecular formula is C27H31FN2O4. The molecule has 1 heterocycles. The average Bonchev–Trinajstić information content (AvgIpc) is 2.80. The van der Waals surface area contributed by atoms with Crippen LogP contribution < -0.4 is 5.32 Å². The molecule has 0 radical (unpaired) electrons. The minimum Gasteiger partial charge on any atom is -0.463 e. The molecule has 0 saturated heterocycles. The summed E-state index contributed by atoms with van der Waals surface area (Å²) >= 11 is 0. The second kappa shape index (κ2) is 11.1. The van der Waals surface area contributed by atoms with E-state index in [2.05, 4.69) is 5.32 Å². The van der Waals surface area contributed by atoms with Gasteiger partial charge in [-0.15, -0.1) is 0 Å². The normalized spacial score (nSPS) is 16.1. The van der Waals surface area contributed by atoms with Gasteiger partial charge in [0.15, 0.2) is 0 Å². The molecule has 1 aliphatic heterocycles. The number of carbonyl (C=O) groups is 3. The summed E-state index contributed by atoms with van der Waals surface area (Å²) in [6.07, 6.45) is -0.0396. The molecule has 1 N–H and O–H groups in total. The summed E-state index contributed by atoms with van der Waals surface area (Å²) in [4.78, 5) is 39.8. The molecule has 0 fully saturated rings. The van der Waals surface area contributed by atoms with Gasteiger partial charge >= 0.3 is 5.97 Å². The Morgan fingerprint density at radius 1 is 1.15 bits per heavy atom. The molecule has 0 spiro atoms. The fourth-order valence-electron chi connectivity index (χ4n) is 4.04. The van der Waals surface area contributed by atoms with Crippen molar-refractivity contribution in [3.05, 3.63) is 82.3 Å². The minimum absolute atomic E-state index is 0.0396. The first-order chi connectivity index (χ1) is 16.2. The topological polar surface area (TPSA) is 75.7 Å². The third-order valence-electron chi connectivity index (χ3n) is 5.83. The number of halogens is 1. The summed E-state index contributed by atoms with van der Waals surface area (Å²) in [6.45, 7) is 8.43. The molecule has 2 aromatic rings. The summed E-state index contributed by atoms with van der Waals surface area (Å²) in [6, 6.07) is 13.2. The molecule has 34 heavy (non-hydrogen) atoms. The van der Waals surface area contributed by atoms with E-state index in [9.17, 15) is 18.8 Å². The molecular weight excluding hydrogens is 435 g/mol. The summed E-state index contributed by atoms with van der Waals surface area (Å²) in [5.74, 6) is -1.74. The van der Waals surface area contributed by atoms with Crippen LogP contribution in [0.15, 0.2) is 59.8 Å². The lowest BCUT2D eigenvalue weighted by Crippen LogP contribution is -2.38. The SMILES string of the molecule is CCOC(=O)C1=C(C)N(Cc2ccc(C(=O)NCC(C)C)cc2)C(=O)CC1c1ccccc1F. The molecule has 180 valence electrons. The number of rotatable bonds is 8. The summed E-state index contributed by atoms with van der Waals surface area (Å²) in [5.41, 5.74) is 2.38. The highest BCUT2D eigenvalue weighted by molar-refractivity contribution is 5.96. The van der Waals surface area contributed by atoms with Crippen LogP contribution in [0.3, 0.4) is 0 Å². The molecule has 0 aliphatic carbocycles. The van der Waals surface area contributed by atoms with Gasteiger partial charge in [0.2, 0.25) is 5.91 Å². The van der Waals surface area contributed by atoms with Crippen LogP contribution in [0.4, 0.5) is 4.39 Å². The van der Waals surface area contributed by atoms with Crippen LogP contribution in [0.2, 0.25) is 0 Å². The number of hydrogen-bond donors (Lipinski definition) is 1. The average molecular weight is 467 g/mol. The Morgan fingerprint density at radius 2 is 1.82 bits per heavy atom. The van der Waals surface area contributed by atoms with Crippen molar-refractivity contribution in [3.8, 4) is 0 Å². The summed E-state index contributed by atoms with van der Waals surface area (Å²) in [7, 11) is 0.